The molecule has 0 saturated carbocycles. The van der Waals surface area contributed by atoms with E-state index in [4.69, 9.17) is 10.5 Å². The van der Waals surface area contributed by atoms with Crippen molar-refractivity contribution in [3.05, 3.63) is 18.2 Å². The highest BCUT2D eigenvalue weighted by molar-refractivity contribution is 5.97. The lowest BCUT2D eigenvalue weighted by molar-refractivity contribution is -0.140. The number of halogens is 1. The van der Waals surface area contributed by atoms with E-state index in [2.05, 4.69) is 5.32 Å². The summed E-state index contributed by atoms with van der Waals surface area (Å²) in [4.78, 5) is 26.5. The zero-order valence-corrected chi connectivity index (χ0v) is 15.0. The number of carbonyl (C=O) groups is 2. The molecular formula is C17H26ClN3O3. The molecule has 2 rings (SSSR count). The third kappa shape index (κ3) is 4.77. The largest absolute Gasteiger partial charge is 0.495 e. The number of nitrogens with zero attached hydrogens (tertiary/aromatic N) is 1. The first kappa shape index (κ1) is 20.1. The van der Waals surface area contributed by atoms with Crippen LogP contribution in [0.1, 0.15) is 39.0 Å². The first-order valence-corrected chi connectivity index (χ1v) is 8.10. The zero-order chi connectivity index (χ0) is 16.8. The van der Waals surface area contributed by atoms with Crippen molar-refractivity contribution in [1.29, 1.82) is 0 Å². The number of nitrogen functional groups attached to an aromatic ring is 1. The van der Waals surface area contributed by atoms with Gasteiger partial charge in [-0.25, -0.2) is 0 Å². The van der Waals surface area contributed by atoms with Gasteiger partial charge >= 0.3 is 0 Å². The highest BCUT2D eigenvalue weighted by atomic mass is 35.5. The van der Waals surface area contributed by atoms with Crippen molar-refractivity contribution in [3.8, 4) is 5.75 Å². The molecule has 1 aliphatic heterocycles. The molecule has 0 radical (unpaired) electrons. The Kier molecular flexibility index (Phi) is 7.85. The molecule has 24 heavy (non-hydrogen) atoms. The van der Waals surface area contributed by atoms with E-state index in [-0.39, 0.29) is 24.2 Å². The van der Waals surface area contributed by atoms with Gasteiger partial charge in [0.05, 0.1) is 12.8 Å². The van der Waals surface area contributed by atoms with Crippen LogP contribution in [-0.2, 0) is 9.59 Å². The molecular weight excluding hydrogens is 330 g/mol. The van der Waals surface area contributed by atoms with Gasteiger partial charge in [-0.1, -0.05) is 6.92 Å². The van der Waals surface area contributed by atoms with Gasteiger partial charge in [-0.05, 0) is 43.9 Å². The summed E-state index contributed by atoms with van der Waals surface area (Å²) in [5.41, 5.74) is 6.94. The highest BCUT2D eigenvalue weighted by Crippen LogP contribution is 2.26. The van der Waals surface area contributed by atoms with Crippen molar-refractivity contribution in [1.82, 2.24) is 4.90 Å². The number of rotatable bonds is 5. The third-order valence-corrected chi connectivity index (χ3v) is 4.09. The SMILES string of the molecule is CCCC(=O)N1CCCCC1C(=O)Nc1ccc(OC)c(N)c1.Cl. The summed E-state index contributed by atoms with van der Waals surface area (Å²) >= 11 is 0. The number of likely N-dealkylation sites (tertiary alicyclic amines) is 1. The molecule has 1 heterocycles. The van der Waals surface area contributed by atoms with Gasteiger partial charge in [0.25, 0.3) is 0 Å². The van der Waals surface area contributed by atoms with Crippen LogP contribution in [0, 0.1) is 0 Å². The van der Waals surface area contributed by atoms with Crippen LogP contribution in [0.2, 0.25) is 0 Å². The van der Waals surface area contributed by atoms with Crippen LogP contribution in [0.5, 0.6) is 5.75 Å². The van der Waals surface area contributed by atoms with Gasteiger partial charge in [-0.2, -0.15) is 0 Å². The molecule has 6 nitrogen and oxygen atoms in total. The second-order valence-electron chi connectivity index (χ2n) is 5.79. The summed E-state index contributed by atoms with van der Waals surface area (Å²) in [6.45, 7) is 2.62. The maximum absolute atomic E-state index is 12.6. The van der Waals surface area contributed by atoms with Crippen molar-refractivity contribution >= 4 is 35.6 Å². The fraction of sp³-hybridized carbons (Fsp3) is 0.529. The average Bonchev–Trinajstić information content (AvgIpc) is 2.55. The van der Waals surface area contributed by atoms with Crippen LogP contribution in [-0.4, -0.2) is 36.4 Å². The van der Waals surface area contributed by atoms with Crippen molar-refractivity contribution in [2.24, 2.45) is 0 Å². The standard InChI is InChI=1S/C17H25N3O3.ClH/c1-3-6-16(21)20-10-5-4-7-14(20)17(22)19-12-8-9-15(23-2)13(18)11-12;/h8-9,11,14H,3-7,10,18H2,1-2H3,(H,19,22);1H. The molecule has 0 bridgehead atoms. The van der Waals surface area contributed by atoms with E-state index in [0.29, 0.717) is 36.5 Å². The number of ether oxygens (including phenoxy) is 1. The molecule has 1 atom stereocenters. The van der Waals surface area contributed by atoms with Crippen LogP contribution >= 0.6 is 12.4 Å². The molecule has 0 aromatic heterocycles. The minimum absolute atomic E-state index is 0. The summed E-state index contributed by atoms with van der Waals surface area (Å²) in [6, 6.07) is 4.73. The number of carbonyl (C=O) groups excluding carboxylic acids is 2. The number of nitrogens with two attached hydrogens (primary N) is 1. The number of benzene rings is 1. The predicted octanol–water partition coefficient (Wildman–Crippen LogP) is 2.82. The van der Waals surface area contributed by atoms with E-state index in [0.717, 1.165) is 19.3 Å². The number of anilines is 2. The van der Waals surface area contributed by atoms with E-state index in [1.54, 1.807) is 30.2 Å². The summed E-state index contributed by atoms with van der Waals surface area (Å²) in [6.07, 6.45) is 3.89. The summed E-state index contributed by atoms with van der Waals surface area (Å²) in [7, 11) is 1.54. The first-order valence-electron chi connectivity index (χ1n) is 8.10. The molecule has 134 valence electrons. The monoisotopic (exact) mass is 355 g/mol. The van der Waals surface area contributed by atoms with Crippen molar-refractivity contribution in [3.63, 3.8) is 0 Å². The highest BCUT2D eigenvalue weighted by Gasteiger charge is 2.31. The second kappa shape index (κ2) is 9.37. The van der Waals surface area contributed by atoms with Crippen LogP contribution in [0.4, 0.5) is 11.4 Å². The predicted molar refractivity (Wildman–Crippen MR) is 97.5 cm³/mol. The van der Waals surface area contributed by atoms with Crippen molar-refractivity contribution < 1.29 is 14.3 Å². The number of piperidine rings is 1. The van der Waals surface area contributed by atoms with Crippen LogP contribution in [0.15, 0.2) is 18.2 Å². The summed E-state index contributed by atoms with van der Waals surface area (Å²) in [5, 5.41) is 2.86. The molecule has 0 spiro atoms. The molecule has 1 aromatic carbocycles. The number of nitrogens with one attached hydrogen (secondary N) is 1. The maximum atomic E-state index is 12.6. The Labute approximate surface area is 149 Å². The molecule has 7 heteroatoms. The van der Waals surface area contributed by atoms with Crippen LogP contribution in [0.3, 0.4) is 0 Å². The molecule has 1 unspecified atom stereocenters. The fourth-order valence-corrected chi connectivity index (χ4v) is 2.90. The van der Waals surface area contributed by atoms with Crippen molar-refractivity contribution in [2.45, 2.75) is 45.1 Å². The lowest BCUT2D eigenvalue weighted by Crippen LogP contribution is -2.49. The molecule has 1 aliphatic rings. The molecule has 2 amide bonds. The second-order valence-corrected chi connectivity index (χ2v) is 5.79. The van der Waals surface area contributed by atoms with Gasteiger partial charge in [0.15, 0.2) is 0 Å². The van der Waals surface area contributed by atoms with Crippen LogP contribution in [0.25, 0.3) is 0 Å². The lowest BCUT2D eigenvalue weighted by Gasteiger charge is -2.34. The minimum Gasteiger partial charge on any atom is -0.495 e. The number of methoxy groups -OCH3 is 1. The van der Waals surface area contributed by atoms with Crippen molar-refractivity contribution in [2.75, 3.05) is 24.7 Å². The Morgan fingerprint density at radius 3 is 2.75 bits per heavy atom. The summed E-state index contributed by atoms with van der Waals surface area (Å²) < 4.78 is 5.11. The van der Waals surface area contributed by atoms with E-state index < -0.39 is 6.04 Å². The van der Waals surface area contributed by atoms with Gasteiger partial charge in [-0.3, -0.25) is 9.59 Å². The first-order chi connectivity index (χ1) is 11.1. The minimum atomic E-state index is -0.397. The third-order valence-electron chi connectivity index (χ3n) is 4.09. The van der Waals surface area contributed by atoms with E-state index in [1.165, 1.54) is 0 Å². The number of hydrogen-bond acceptors (Lipinski definition) is 4. The number of amides is 2. The Hall–Kier alpha value is -1.95. The Morgan fingerprint density at radius 2 is 2.12 bits per heavy atom. The fourth-order valence-electron chi connectivity index (χ4n) is 2.90. The maximum Gasteiger partial charge on any atom is 0.247 e. The molecule has 1 aromatic rings. The molecule has 1 saturated heterocycles. The average molecular weight is 356 g/mol. The normalized spacial score (nSPS) is 16.9. The Bertz CT molecular complexity index is 580. The topological polar surface area (TPSA) is 84.7 Å². The van der Waals surface area contributed by atoms with E-state index in [9.17, 15) is 9.59 Å². The Morgan fingerprint density at radius 1 is 1.38 bits per heavy atom. The molecule has 3 N–H and O–H groups in total. The number of hydrogen-bond donors (Lipinski definition) is 2. The van der Waals surface area contributed by atoms with Gasteiger partial charge < -0.3 is 20.7 Å². The van der Waals surface area contributed by atoms with Gasteiger partial charge in [0.1, 0.15) is 11.8 Å². The molecule has 1 fully saturated rings. The lowest BCUT2D eigenvalue weighted by atomic mass is 10.0. The molecule has 0 aliphatic carbocycles. The van der Waals surface area contributed by atoms with Crippen LogP contribution < -0.4 is 15.8 Å². The summed E-state index contributed by atoms with van der Waals surface area (Å²) in [5.74, 6) is 0.473. The zero-order valence-electron chi connectivity index (χ0n) is 14.2. The smallest absolute Gasteiger partial charge is 0.247 e. The van der Waals surface area contributed by atoms with Gasteiger partial charge in [0.2, 0.25) is 11.8 Å². The van der Waals surface area contributed by atoms with Gasteiger partial charge in [0, 0.05) is 18.7 Å². The van der Waals surface area contributed by atoms with E-state index >= 15 is 0 Å². The van der Waals surface area contributed by atoms with Gasteiger partial charge in [-0.15, -0.1) is 12.4 Å². The quantitative estimate of drug-likeness (QED) is 0.795. The Balaban J connectivity index is 0.00000288. The van der Waals surface area contributed by atoms with E-state index in [1.807, 2.05) is 6.92 Å².